The third kappa shape index (κ3) is 5.30. The summed E-state index contributed by atoms with van der Waals surface area (Å²) >= 11 is 5.99. The summed E-state index contributed by atoms with van der Waals surface area (Å²) in [4.78, 5) is 24.4. The normalized spacial score (nSPS) is 13.4. The number of aromatic nitrogens is 2. The van der Waals surface area contributed by atoms with E-state index in [9.17, 15) is 9.59 Å². The Morgan fingerprint density at radius 3 is 2.52 bits per heavy atom. The maximum Gasteiger partial charge on any atom is 0.252 e. The molecule has 0 bridgehead atoms. The highest BCUT2D eigenvalue weighted by molar-refractivity contribution is 6.30. The predicted molar refractivity (Wildman–Crippen MR) is 106 cm³/mol. The first-order valence-electron chi connectivity index (χ1n) is 8.70. The molecule has 0 fully saturated rings. The Labute approximate surface area is 164 Å². The lowest BCUT2D eigenvalue weighted by atomic mass is 10.0. The molecule has 0 atom stereocenters. The number of amides is 2. The molecule has 3 rings (SSSR count). The van der Waals surface area contributed by atoms with Gasteiger partial charge in [-0.1, -0.05) is 23.7 Å². The summed E-state index contributed by atoms with van der Waals surface area (Å²) in [7, 11) is 1.96. The zero-order chi connectivity index (χ0) is 20.2. The minimum Gasteiger partial charge on any atom is -0.365 e. The van der Waals surface area contributed by atoms with Crippen molar-refractivity contribution >= 4 is 23.9 Å². The molecule has 2 aromatic rings. The Balaban J connectivity index is 0.000000380. The van der Waals surface area contributed by atoms with Crippen LogP contribution in [0.2, 0.25) is 5.02 Å². The largest absolute Gasteiger partial charge is 0.365 e. The standard InChI is InChI=1S/C14H13ClN4O2.C5H13N/c15-10-3-1-2-9(6-10)13-12(14(16)21)11-7-18(8-20)4-5-19(11)17-13;1-5(2,3)6-4/h1-3,6,8H,4-5,7H2,(H2,16,21);6H,1-4H3. The zero-order valence-corrected chi connectivity index (χ0v) is 16.9. The Hall–Kier alpha value is -2.38. The number of halogens is 1. The van der Waals surface area contributed by atoms with Gasteiger partial charge >= 0.3 is 0 Å². The lowest BCUT2D eigenvalue weighted by Crippen LogP contribution is -2.34. The van der Waals surface area contributed by atoms with Crippen molar-refractivity contribution in [2.75, 3.05) is 13.6 Å². The molecule has 1 aliphatic rings. The summed E-state index contributed by atoms with van der Waals surface area (Å²) in [6, 6.07) is 7.10. The summed E-state index contributed by atoms with van der Waals surface area (Å²) in [5.41, 5.74) is 8.06. The van der Waals surface area contributed by atoms with Gasteiger partial charge in [-0.2, -0.15) is 5.10 Å². The Morgan fingerprint density at radius 1 is 1.33 bits per heavy atom. The second-order valence-corrected chi connectivity index (χ2v) is 7.78. The number of nitrogens with two attached hydrogens (primary N) is 1. The number of nitrogens with one attached hydrogen (secondary N) is 1. The van der Waals surface area contributed by atoms with E-state index in [1.807, 2.05) is 13.1 Å². The van der Waals surface area contributed by atoms with E-state index in [0.29, 0.717) is 47.1 Å². The van der Waals surface area contributed by atoms with E-state index in [4.69, 9.17) is 17.3 Å². The smallest absolute Gasteiger partial charge is 0.252 e. The van der Waals surface area contributed by atoms with Gasteiger partial charge in [0.1, 0.15) is 5.69 Å². The number of carbonyl (C=O) groups excluding carboxylic acids is 2. The summed E-state index contributed by atoms with van der Waals surface area (Å²) in [5, 5.41) is 8.13. The van der Waals surface area contributed by atoms with Crippen LogP contribution in [0.25, 0.3) is 11.3 Å². The lowest BCUT2D eigenvalue weighted by molar-refractivity contribution is -0.119. The molecule has 8 heteroatoms. The van der Waals surface area contributed by atoms with Gasteiger partial charge in [-0.25, -0.2) is 0 Å². The van der Waals surface area contributed by atoms with Gasteiger partial charge < -0.3 is 16.0 Å². The van der Waals surface area contributed by atoms with Crippen LogP contribution < -0.4 is 11.1 Å². The lowest BCUT2D eigenvalue weighted by Gasteiger charge is -2.24. The molecule has 0 aliphatic carbocycles. The topological polar surface area (TPSA) is 93.2 Å². The summed E-state index contributed by atoms with van der Waals surface area (Å²) in [6.07, 6.45) is 0.764. The quantitative estimate of drug-likeness (QED) is 0.785. The molecule has 27 heavy (non-hydrogen) atoms. The Bertz CT molecular complexity index is 826. The summed E-state index contributed by atoms with van der Waals surface area (Å²) < 4.78 is 1.73. The van der Waals surface area contributed by atoms with Crippen molar-refractivity contribution in [1.29, 1.82) is 0 Å². The van der Waals surface area contributed by atoms with Crippen LogP contribution in [0.3, 0.4) is 0 Å². The van der Waals surface area contributed by atoms with E-state index in [2.05, 4.69) is 31.2 Å². The van der Waals surface area contributed by atoms with Gasteiger partial charge in [0, 0.05) is 22.7 Å². The molecule has 1 aromatic heterocycles. The average molecular weight is 392 g/mol. The fourth-order valence-corrected chi connectivity index (χ4v) is 2.71. The van der Waals surface area contributed by atoms with Crippen molar-refractivity contribution in [2.45, 2.75) is 39.4 Å². The van der Waals surface area contributed by atoms with Crippen molar-refractivity contribution in [1.82, 2.24) is 20.0 Å². The molecule has 0 radical (unpaired) electrons. The first-order chi connectivity index (χ1) is 12.7. The van der Waals surface area contributed by atoms with Gasteiger partial charge in [-0.3, -0.25) is 14.3 Å². The molecular weight excluding hydrogens is 366 g/mol. The highest BCUT2D eigenvalue weighted by atomic mass is 35.5. The third-order valence-corrected chi connectivity index (χ3v) is 4.49. The van der Waals surface area contributed by atoms with E-state index in [-0.39, 0.29) is 0 Å². The number of fused-ring (bicyclic) bond motifs is 1. The van der Waals surface area contributed by atoms with Crippen molar-refractivity contribution in [3.8, 4) is 11.3 Å². The van der Waals surface area contributed by atoms with Crippen LogP contribution in [-0.4, -0.2) is 46.1 Å². The molecule has 2 amide bonds. The van der Waals surface area contributed by atoms with Crippen LogP contribution in [0, 0.1) is 0 Å². The van der Waals surface area contributed by atoms with Crippen LogP contribution in [0.15, 0.2) is 24.3 Å². The highest BCUT2D eigenvalue weighted by Crippen LogP contribution is 2.29. The minimum absolute atomic E-state index is 0.292. The SMILES string of the molecule is CNC(C)(C)C.NC(=O)c1c(-c2cccc(Cl)c2)nn2c1CN(C=O)CC2. The number of benzene rings is 1. The molecule has 1 aromatic carbocycles. The average Bonchev–Trinajstić information content (AvgIpc) is 3.00. The molecule has 0 unspecified atom stereocenters. The molecule has 3 N–H and O–H groups in total. The second-order valence-electron chi connectivity index (χ2n) is 7.34. The van der Waals surface area contributed by atoms with E-state index in [0.717, 1.165) is 12.0 Å². The monoisotopic (exact) mass is 391 g/mol. The zero-order valence-electron chi connectivity index (χ0n) is 16.1. The first-order valence-corrected chi connectivity index (χ1v) is 9.07. The molecule has 7 nitrogen and oxygen atoms in total. The predicted octanol–water partition coefficient (Wildman–Crippen LogP) is 2.28. The van der Waals surface area contributed by atoms with Crippen molar-refractivity contribution < 1.29 is 9.59 Å². The third-order valence-electron chi connectivity index (χ3n) is 4.25. The second kappa shape index (κ2) is 8.54. The molecule has 0 saturated heterocycles. The van der Waals surface area contributed by atoms with E-state index in [1.165, 1.54) is 0 Å². The fourth-order valence-electron chi connectivity index (χ4n) is 2.52. The van der Waals surface area contributed by atoms with Gasteiger partial charge in [-0.05, 0) is 40.0 Å². The first kappa shape index (κ1) is 20.9. The Kier molecular flexibility index (Phi) is 6.62. The molecule has 146 valence electrons. The summed E-state index contributed by atoms with van der Waals surface area (Å²) in [6.45, 7) is 7.82. The van der Waals surface area contributed by atoms with E-state index < -0.39 is 5.91 Å². The van der Waals surface area contributed by atoms with Gasteiger partial charge in [-0.15, -0.1) is 0 Å². The Morgan fingerprint density at radius 2 is 2.00 bits per heavy atom. The van der Waals surface area contributed by atoms with Crippen LogP contribution in [0.5, 0.6) is 0 Å². The minimum atomic E-state index is -0.557. The van der Waals surface area contributed by atoms with Gasteiger partial charge in [0.2, 0.25) is 6.41 Å². The van der Waals surface area contributed by atoms with Crippen molar-refractivity contribution in [2.24, 2.45) is 5.73 Å². The molecule has 0 spiro atoms. The number of carbonyl (C=O) groups is 2. The number of rotatable bonds is 3. The number of hydrogen-bond donors (Lipinski definition) is 2. The maximum absolute atomic E-state index is 11.8. The van der Waals surface area contributed by atoms with Gasteiger partial charge in [0.25, 0.3) is 5.91 Å². The van der Waals surface area contributed by atoms with Crippen LogP contribution in [0.4, 0.5) is 0 Å². The van der Waals surface area contributed by atoms with Gasteiger partial charge in [0.05, 0.1) is 24.3 Å². The molecular formula is C19H26ClN5O2. The van der Waals surface area contributed by atoms with Crippen molar-refractivity contribution in [3.63, 3.8) is 0 Å². The number of nitrogens with zero attached hydrogens (tertiary/aromatic N) is 3. The number of hydrogen-bond acceptors (Lipinski definition) is 4. The van der Waals surface area contributed by atoms with E-state index >= 15 is 0 Å². The molecule has 1 aliphatic heterocycles. The van der Waals surface area contributed by atoms with Gasteiger partial charge in [0.15, 0.2) is 0 Å². The maximum atomic E-state index is 11.8. The molecule has 0 saturated carbocycles. The van der Waals surface area contributed by atoms with Crippen LogP contribution in [-0.2, 0) is 17.9 Å². The van der Waals surface area contributed by atoms with Crippen LogP contribution >= 0.6 is 11.6 Å². The molecule has 2 heterocycles. The highest BCUT2D eigenvalue weighted by Gasteiger charge is 2.27. The van der Waals surface area contributed by atoms with E-state index in [1.54, 1.807) is 27.8 Å². The fraction of sp³-hybridized carbons (Fsp3) is 0.421. The van der Waals surface area contributed by atoms with Crippen molar-refractivity contribution in [3.05, 3.63) is 40.5 Å². The van der Waals surface area contributed by atoms with Crippen LogP contribution in [0.1, 0.15) is 36.8 Å². The summed E-state index contributed by atoms with van der Waals surface area (Å²) in [5.74, 6) is -0.557. The number of primary amides is 1.